The predicted octanol–water partition coefficient (Wildman–Crippen LogP) is 1.67. The van der Waals surface area contributed by atoms with Crippen molar-refractivity contribution in [3.63, 3.8) is 0 Å². The van der Waals surface area contributed by atoms with Crippen molar-refractivity contribution in [3.05, 3.63) is 41.2 Å². The van der Waals surface area contributed by atoms with Crippen LogP contribution in [0, 0.1) is 13.8 Å². The lowest BCUT2D eigenvalue weighted by Gasteiger charge is -2.17. The van der Waals surface area contributed by atoms with Gasteiger partial charge in [0.05, 0.1) is 17.1 Å². The number of carbonyl (C=O) groups is 1. The Kier molecular flexibility index (Phi) is 2.97. The highest BCUT2D eigenvalue weighted by atomic mass is 16.2. The molecule has 0 saturated carbocycles. The molecule has 0 saturated heterocycles. The van der Waals surface area contributed by atoms with Crippen LogP contribution in [-0.4, -0.2) is 22.2 Å². The number of fused-ring (bicyclic) bond motifs is 1. The van der Waals surface area contributed by atoms with Crippen LogP contribution in [0.4, 0.5) is 11.4 Å². The van der Waals surface area contributed by atoms with Crippen LogP contribution >= 0.6 is 0 Å². The number of anilines is 2. The van der Waals surface area contributed by atoms with Gasteiger partial charge in [0.1, 0.15) is 6.54 Å². The third-order valence-electron chi connectivity index (χ3n) is 3.91. The smallest absolute Gasteiger partial charge is 0.248 e. The van der Waals surface area contributed by atoms with Crippen molar-refractivity contribution < 1.29 is 4.79 Å². The molecule has 5 nitrogen and oxygen atoms in total. The molecule has 2 heterocycles. The summed E-state index contributed by atoms with van der Waals surface area (Å²) in [5, 5.41) is 4.32. The molecule has 5 heteroatoms. The number of nitrogen functional groups attached to an aromatic ring is 1. The fourth-order valence-electron chi connectivity index (χ4n) is 2.68. The summed E-state index contributed by atoms with van der Waals surface area (Å²) in [5.41, 5.74) is 10.4. The topological polar surface area (TPSA) is 64.2 Å². The second-order valence-electron chi connectivity index (χ2n) is 5.17. The highest BCUT2D eigenvalue weighted by molar-refractivity contribution is 5.95. The summed E-state index contributed by atoms with van der Waals surface area (Å²) >= 11 is 0. The first kappa shape index (κ1) is 12.7. The Hall–Kier alpha value is -2.30. The van der Waals surface area contributed by atoms with Crippen LogP contribution in [0.25, 0.3) is 0 Å². The van der Waals surface area contributed by atoms with Crippen molar-refractivity contribution in [1.82, 2.24) is 9.78 Å². The van der Waals surface area contributed by atoms with E-state index in [0.717, 1.165) is 30.0 Å². The number of aromatic nitrogens is 2. The Morgan fingerprint density at radius 2 is 2.10 bits per heavy atom. The maximum Gasteiger partial charge on any atom is 0.248 e. The van der Waals surface area contributed by atoms with E-state index >= 15 is 0 Å². The SMILES string of the molecule is Cc1nn(CC(=O)N2CCc3ccccc32)c(C)c1N. The van der Waals surface area contributed by atoms with Gasteiger partial charge < -0.3 is 10.6 Å². The molecule has 2 aromatic rings. The Labute approximate surface area is 118 Å². The molecule has 1 aliphatic heterocycles. The molecule has 1 amide bonds. The number of carbonyl (C=O) groups excluding carboxylic acids is 1. The predicted molar refractivity (Wildman–Crippen MR) is 78.6 cm³/mol. The van der Waals surface area contributed by atoms with Crippen LogP contribution in [0.3, 0.4) is 0 Å². The Balaban J connectivity index is 1.83. The van der Waals surface area contributed by atoms with Crippen molar-refractivity contribution in [3.8, 4) is 0 Å². The minimum absolute atomic E-state index is 0.0561. The molecule has 0 unspecified atom stereocenters. The van der Waals surface area contributed by atoms with Gasteiger partial charge in [-0.05, 0) is 31.9 Å². The molecule has 0 spiro atoms. The van der Waals surface area contributed by atoms with E-state index in [1.54, 1.807) is 4.68 Å². The lowest BCUT2D eigenvalue weighted by atomic mass is 10.2. The average molecular weight is 270 g/mol. The van der Waals surface area contributed by atoms with Crippen LogP contribution < -0.4 is 10.6 Å². The average Bonchev–Trinajstić information content (AvgIpc) is 2.97. The number of hydrogen-bond donors (Lipinski definition) is 1. The molecule has 1 aromatic heterocycles. The summed E-state index contributed by atoms with van der Waals surface area (Å²) in [6, 6.07) is 8.04. The Bertz CT molecular complexity index is 675. The number of rotatable bonds is 2. The molecule has 3 rings (SSSR count). The number of hydrogen-bond acceptors (Lipinski definition) is 3. The molecule has 0 atom stereocenters. The number of amides is 1. The third kappa shape index (κ3) is 1.95. The quantitative estimate of drug-likeness (QED) is 0.903. The molecular weight excluding hydrogens is 252 g/mol. The van der Waals surface area contributed by atoms with E-state index in [4.69, 9.17) is 5.73 Å². The minimum atomic E-state index is 0.0561. The highest BCUT2D eigenvalue weighted by Gasteiger charge is 2.25. The van der Waals surface area contributed by atoms with Crippen LogP contribution in [0.15, 0.2) is 24.3 Å². The highest BCUT2D eigenvalue weighted by Crippen LogP contribution is 2.27. The summed E-state index contributed by atoms with van der Waals surface area (Å²) in [7, 11) is 0. The van der Waals surface area contributed by atoms with Gasteiger partial charge in [0.25, 0.3) is 0 Å². The summed E-state index contributed by atoms with van der Waals surface area (Å²) in [5.74, 6) is 0.0561. The van der Waals surface area contributed by atoms with Gasteiger partial charge in [0, 0.05) is 12.2 Å². The van der Waals surface area contributed by atoms with Crippen LogP contribution in [0.5, 0.6) is 0 Å². The molecule has 0 aliphatic carbocycles. The lowest BCUT2D eigenvalue weighted by molar-refractivity contribution is -0.119. The third-order valence-corrected chi connectivity index (χ3v) is 3.91. The fourth-order valence-corrected chi connectivity index (χ4v) is 2.68. The number of nitrogens with two attached hydrogens (primary N) is 1. The molecular formula is C15H18N4O. The number of aryl methyl sites for hydroxylation is 1. The van der Waals surface area contributed by atoms with E-state index in [2.05, 4.69) is 11.2 Å². The van der Waals surface area contributed by atoms with E-state index in [9.17, 15) is 4.79 Å². The van der Waals surface area contributed by atoms with Crippen LogP contribution in [0.2, 0.25) is 0 Å². The molecule has 0 fully saturated rings. The van der Waals surface area contributed by atoms with Crippen LogP contribution in [-0.2, 0) is 17.8 Å². The zero-order valence-electron chi connectivity index (χ0n) is 11.8. The first-order chi connectivity index (χ1) is 9.58. The van der Waals surface area contributed by atoms with E-state index < -0.39 is 0 Å². The maximum absolute atomic E-state index is 12.5. The molecule has 1 aliphatic rings. The van der Waals surface area contributed by atoms with Crippen molar-refractivity contribution in [2.24, 2.45) is 0 Å². The van der Waals surface area contributed by atoms with Gasteiger partial charge in [-0.15, -0.1) is 0 Å². The van der Waals surface area contributed by atoms with Gasteiger partial charge in [0.2, 0.25) is 5.91 Å². The van der Waals surface area contributed by atoms with Crippen molar-refractivity contribution in [2.45, 2.75) is 26.8 Å². The largest absolute Gasteiger partial charge is 0.396 e. The van der Waals surface area contributed by atoms with E-state index in [1.165, 1.54) is 5.56 Å². The van der Waals surface area contributed by atoms with Gasteiger partial charge in [-0.1, -0.05) is 18.2 Å². The zero-order chi connectivity index (χ0) is 14.3. The van der Waals surface area contributed by atoms with Gasteiger partial charge in [-0.3, -0.25) is 9.48 Å². The summed E-state index contributed by atoms with van der Waals surface area (Å²) in [6.45, 7) is 4.72. The van der Waals surface area contributed by atoms with Crippen LogP contribution in [0.1, 0.15) is 17.0 Å². The summed E-state index contributed by atoms with van der Waals surface area (Å²) in [4.78, 5) is 14.3. The number of nitrogens with zero attached hydrogens (tertiary/aromatic N) is 3. The standard InChI is InChI=1S/C15H18N4O/c1-10-15(16)11(2)19(17-10)9-14(20)18-8-7-12-5-3-4-6-13(12)18/h3-6H,7-9,16H2,1-2H3. The monoisotopic (exact) mass is 270 g/mol. The second-order valence-corrected chi connectivity index (χ2v) is 5.17. The zero-order valence-corrected chi connectivity index (χ0v) is 11.8. The molecule has 1 aromatic carbocycles. The number of para-hydroxylation sites is 1. The molecule has 0 bridgehead atoms. The molecule has 2 N–H and O–H groups in total. The summed E-state index contributed by atoms with van der Waals surface area (Å²) < 4.78 is 1.69. The number of benzene rings is 1. The van der Waals surface area contributed by atoms with E-state index in [0.29, 0.717) is 5.69 Å². The van der Waals surface area contributed by atoms with Gasteiger partial charge in [-0.25, -0.2) is 0 Å². The van der Waals surface area contributed by atoms with Gasteiger partial charge >= 0.3 is 0 Å². The fraction of sp³-hybridized carbons (Fsp3) is 0.333. The first-order valence-electron chi connectivity index (χ1n) is 6.75. The molecule has 104 valence electrons. The van der Waals surface area contributed by atoms with E-state index in [-0.39, 0.29) is 12.5 Å². The second kappa shape index (κ2) is 4.67. The Morgan fingerprint density at radius 1 is 1.35 bits per heavy atom. The van der Waals surface area contributed by atoms with Gasteiger partial charge in [0.15, 0.2) is 0 Å². The van der Waals surface area contributed by atoms with Crippen molar-refractivity contribution in [2.75, 3.05) is 17.2 Å². The Morgan fingerprint density at radius 3 is 2.80 bits per heavy atom. The summed E-state index contributed by atoms with van der Waals surface area (Å²) in [6.07, 6.45) is 0.918. The van der Waals surface area contributed by atoms with Crippen molar-refractivity contribution >= 4 is 17.3 Å². The lowest BCUT2D eigenvalue weighted by Crippen LogP contribution is -2.32. The minimum Gasteiger partial charge on any atom is -0.396 e. The maximum atomic E-state index is 12.5. The molecule has 0 radical (unpaired) electrons. The van der Waals surface area contributed by atoms with E-state index in [1.807, 2.05) is 36.9 Å². The van der Waals surface area contributed by atoms with Gasteiger partial charge in [-0.2, -0.15) is 5.10 Å². The molecule has 20 heavy (non-hydrogen) atoms. The van der Waals surface area contributed by atoms with Crippen molar-refractivity contribution in [1.29, 1.82) is 0 Å². The normalized spacial score (nSPS) is 13.6. The first-order valence-corrected chi connectivity index (χ1v) is 6.75.